The molecule has 2 aromatic carbocycles. The summed E-state index contributed by atoms with van der Waals surface area (Å²) in [4.78, 5) is 14.8. The lowest BCUT2D eigenvalue weighted by atomic mass is 10.0. The van der Waals surface area contributed by atoms with Gasteiger partial charge in [0, 0.05) is 12.1 Å². The summed E-state index contributed by atoms with van der Waals surface area (Å²) in [6.45, 7) is 8.31. The summed E-state index contributed by atoms with van der Waals surface area (Å²) in [5.41, 5.74) is 0.767. The fourth-order valence-electron chi connectivity index (χ4n) is 3.27. The average Bonchev–Trinajstić information content (AvgIpc) is 3.13. The third-order valence-corrected chi connectivity index (χ3v) is 4.93. The minimum Gasteiger partial charge on any atom is -0.463 e. The topological polar surface area (TPSA) is 57.2 Å². The Labute approximate surface area is 172 Å². The highest BCUT2D eigenvalue weighted by Gasteiger charge is 2.45. The molecule has 0 saturated carbocycles. The molecule has 2 aromatic rings. The number of benzene rings is 2. The van der Waals surface area contributed by atoms with E-state index in [0.29, 0.717) is 24.7 Å². The summed E-state index contributed by atoms with van der Waals surface area (Å²) in [7, 11) is 0. The molecule has 0 radical (unpaired) electrons. The van der Waals surface area contributed by atoms with Crippen molar-refractivity contribution in [1.29, 1.82) is 0 Å². The molecule has 0 unspecified atom stereocenters. The Morgan fingerprint density at radius 1 is 0.897 bits per heavy atom. The zero-order valence-corrected chi connectivity index (χ0v) is 17.1. The Bertz CT molecular complexity index is 751. The Kier molecular flexibility index (Phi) is 7.49. The second-order valence-electron chi connectivity index (χ2n) is 6.81. The predicted octanol–water partition coefficient (Wildman–Crippen LogP) is 3.60. The summed E-state index contributed by atoms with van der Waals surface area (Å²) >= 11 is 0. The first-order chi connectivity index (χ1) is 14.2. The van der Waals surface area contributed by atoms with Gasteiger partial charge in [0.15, 0.2) is 11.5 Å². The first kappa shape index (κ1) is 21.1. The number of hydrogen-bond donors (Lipinski definition) is 0. The largest absolute Gasteiger partial charge is 0.463 e. The summed E-state index contributed by atoms with van der Waals surface area (Å²) in [5, 5.41) is 0. The highest BCUT2D eigenvalue weighted by molar-refractivity contribution is 5.71. The first-order valence-electron chi connectivity index (χ1n) is 10.1. The number of carbonyl (C=O) groups is 1. The van der Waals surface area contributed by atoms with Crippen molar-refractivity contribution < 1.29 is 23.7 Å². The van der Waals surface area contributed by atoms with Crippen molar-refractivity contribution in [1.82, 2.24) is 4.90 Å². The van der Waals surface area contributed by atoms with Gasteiger partial charge in [-0.25, -0.2) is 0 Å². The molecule has 0 aromatic heterocycles. The number of para-hydroxylation sites is 2. The minimum absolute atomic E-state index is 0.0505. The maximum Gasteiger partial charge on any atom is 0.314 e. The molecule has 0 fully saturated rings. The van der Waals surface area contributed by atoms with E-state index in [9.17, 15) is 4.79 Å². The van der Waals surface area contributed by atoms with E-state index in [4.69, 9.17) is 18.9 Å². The van der Waals surface area contributed by atoms with Crippen LogP contribution in [-0.2, 0) is 20.1 Å². The van der Waals surface area contributed by atoms with Crippen LogP contribution in [0.4, 0.5) is 0 Å². The third kappa shape index (κ3) is 5.49. The van der Waals surface area contributed by atoms with E-state index < -0.39 is 11.8 Å². The summed E-state index contributed by atoms with van der Waals surface area (Å²) in [6, 6.07) is 16.9. The fourth-order valence-corrected chi connectivity index (χ4v) is 3.27. The van der Waals surface area contributed by atoms with Crippen molar-refractivity contribution >= 4 is 5.97 Å². The molecule has 0 amide bonds. The average molecular weight is 399 g/mol. The number of esters is 1. The van der Waals surface area contributed by atoms with Gasteiger partial charge in [-0.05, 0) is 25.2 Å². The molecule has 6 heteroatoms. The van der Waals surface area contributed by atoms with E-state index in [0.717, 1.165) is 25.2 Å². The van der Waals surface area contributed by atoms with E-state index in [-0.39, 0.29) is 13.0 Å². The zero-order valence-electron chi connectivity index (χ0n) is 17.1. The Morgan fingerprint density at radius 3 is 2.14 bits per heavy atom. The number of ether oxygens (including phenoxy) is 4. The van der Waals surface area contributed by atoms with E-state index in [1.165, 1.54) is 0 Å². The van der Waals surface area contributed by atoms with Gasteiger partial charge in [0.1, 0.15) is 13.0 Å². The van der Waals surface area contributed by atoms with Crippen LogP contribution in [0.3, 0.4) is 0 Å². The van der Waals surface area contributed by atoms with Gasteiger partial charge in [0.2, 0.25) is 0 Å². The van der Waals surface area contributed by atoms with Gasteiger partial charge in [-0.2, -0.15) is 0 Å². The molecule has 0 atom stereocenters. The number of fused-ring (bicyclic) bond motifs is 1. The van der Waals surface area contributed by atoms with Crippen LogP contribution in [0.1, 0.15) is 25.8 Å². The van der Waals surface area contributed by atoms with Crippen molar-refractivity contribution in [3.05, 3.63) is 60.2 Å². The molecular formula is C23H29NO5. The standard InChI is InChI=1S/C23H29NO5/c1-3-24(4-2)14-15-26-16-17-27-22(25)18-23(19-10-6-5-7-11-19)28-20-12-8-9-13-21(20)29-23/h5-13H,3-4,14-18H2,1-2H3. The molecule has 1 aliphatic heterocycles. The molecule has 0 bridgehead atoms. The maximum absolute atomic E-state index is 12.5. The molecule has 0 N–H and O–H groups in total. The van der Waals surface area contributed by atoms with Crippen LogP contribution in [0.15, 0.2) is 54.6 Å². The Hall–Kier alpha value is -2.57. The van der Waals surface area contributed by atoms with Crippen LogP contribution in [0.5, 0.6) is 11.5 Å². The van der Waals surface area contributed by atoms with Gasteiger partial charge in [0.05, 0.1) is 13.2 Å². The second-order valence-corrected chi connectivity index (χ2v) is 6.81. The Morgan fingerprint density at radius 2 is 1.52 bits per heavy atom. The van der Waals surface area contributed by atoms with E-state index in [1.807, 2.05) is 54.6 Å². The fraction of sp³-hybridized carbons (Fsp3) is 0.435. The van der Waals surface area contributed by atoms with E-state index >= 15 is 0 Å². The molecule has 1 aliphatic rings. The molecule has 3 rings (SSSR count). The molecule has 156 valence electrons. The SMILES string of the molecule is CCN(CC)CCOCCOC(=O)CC1(c2ccccc2)Oc2ccccc2O1. The molecule has 0 saturated heterocycles. The molecule has 6 nitrogen and oxygen atoms in total. The van der Waals surface area contributed by atoms with E-state index in [1.54, 1.807) is 0 Å². The summed E-state index contributed by atoms with van der Waals surface area (Å²) in [6.07, 6.45) is -0.0505. The van der Waals surface area contributed by atoms with Gasteiger partial charge in [-0.1, -0.05) is 56.3 Å². The van der Waals surface area contributed by atoms with Crippen LogP contribution >= 0.6 is 0 Å². The summed E-state index contributed by atoms with van der Waals surface area (Å²) in [5.74, 6) is -0.382. The maximum atomic E-state index is 12.5. The quantitative estimate of drug-likeness (QED) is 0.425. The Balaban J connectivity index is 1.53. The number of likely N-dealkylation sites (N-methyl/N-ethyl adjacent to an activating group) is 1. The molecule has 29 heavy (non-hydrogen) atoms. The minimum atomic E-state index is -1.22. The highest BCUT2D eigenvalue weighted by Crippen LogP contribution is 2.45. The van der Waals surface area contributed by atoms with Crippen LogP contribution in [-0.4, -0.2) is 50.3 Å². The van der Waals surface area contributed by atoms with Crippen molar-refractivity contribution in [2.45, 2.75) is 26.1 Å². The van der Waals surface area contributed by atoms with Gasteiger partial charge < -0.3 is 23.8 Å². The van der Waals surface area contributed by atoms with Gasteiger partial charge >= 0.3 is 5.97 Å². The summed E-state index contributed by atoms with van der Waals surface area (Å²) < 4.78 is 23.1. The second kappa shape index (κ2) is 10.3. The predicted molar refractivity (Wildman–Crippen MR) is 110 cm³/mol. The monoisotopic (exact) mass is 399 g/mol. The molecule has 1 heterocycles. The van der Waals surface area contributed by atoms with E-state index in [2.05, 4.69) is 18.7 Å². The lowest BCUT2D eigenvalue weighted by molar-refractivity contribution is -0.161. The van der Waals surface area contributed by atoms with Crippen molar-refractivity contribution in [2.24, 2.45) is 0 Å². The third-order valence-electron chi connectivity index (χ3n) is 4.93. The lowest BCUT2D eigenvalue weighted by Crippen LogP contribution is -2.38. The first-order valence-corrected chi connectivity index (χ1v) is 10.1. The number of hydrogen-bond acceptors (Lipinski definition) is 6. The zero-order chi connectivity index (χ0) is 20.5. The molecular weight excluding hydrogens is 370 g/mol. The number of carbonyl (C=O) groups excluding carboxylic acids is 1. The normalized spacial score (nSPS) is 14.2. The molecule has 0 spiro atoms. The van der Waals surface area contributed by atoms with Crippen LogP contribution in [0, 0.1) is 0 Å². The van der Waals surface area contributed by atoms with Gasteiger partial charge in [-0.15, -0.1) is 0 Å². The van der Waals surface area contributed by atoms with Crippen LogP contribution in [0.2, 0.25) is 0 Å². The lowest BCUT2D eigenvalue weighted by Gasteiger charge is -2.27. The highest BCUT2D eigenvalue weighted by atomic mass is 16.7. The number of nitrogens with zero attached hydrogens (tertiary/aromatic N) is 1. The van der Waals surface area contributed by atoms with Crippen molar-refractivity contribution in [3.8, 4) is 11.5 Å². The van der Waals surface area contributed by atoms with Crippen molar-refractivity contribution in [3.63, 3.8) is 0 Å². The van der Waals surface area contributed by atoms with Crippen LogP contribution in [0.25, 0.3) is 0 Å². The van der Waals surface area contributed by atoms with Crippen molar-refractivity contribution in [2.75, 3.05) is 39.5 Å². The number of rotatable bonds is 11. The van der Waals surface area contributed by atoms with Crippen LogP contribution < -0.4 is 9.47 Å². The smallest absolute Gasteiger partial charge is 0.314 e. The van der Waals surface area contributed by atoms with Gasteiger partial charge in [-0.3, -0.25) is 4.79 Å². The molecule has 0 aliphatic carbocycles. The van der Waals surface area contributed by atoms with Gasteiger partial charge in [0.25, 0.3) is 5.79 Å².